The molecule has 2 aromatic rings. The van der Waals surface area contributed by atoms with Gasteiger partial charge in [-0.3, -0.25) is 4.31 Å². The molecular weight excluding hydrogens is 314 g/mol. The van der Waals surface area contributed by atoms with E-state index in [1.54, 1.807) is 31.4 Å². The van der Waals surface area contributed by atoms with E-state index in [9.17, 15) is 8.42 Å². The van der Waals surface area contributed by atoms with Gasteiger partial charge in [-0.15, -0.1) is 0 Å². The van der Waals surface area contributed by atoms with Gasteiger partial charge in [0.25, 0.3) is 10.0 Å². The lowest BCUT2D eigenvalue weighted by Crippen LogP contribution is -2.38. The molecule has 0 saturated carbocycles. The second-order valence-corrected chi connectivity index (χ2v) is 7.39. The Balaban J connectivity index is 2.08. The van der Waals surface area contributed by atoms with E-state index >= 15 is 0 Å². The van der Waals surface area contributed by atoms with Crippen LogP contribution in [-0.4, -0.2) is 28.7 Å². The summed E-state index contributed by atoms with van der Waals surface area (Å²) in [4.78, 5) is 0.242. The van der Waals surface area contributed by atoms with Gasteiger partial charge in [-0.05, 0) is 55.3 Å². The number of sulfonamides is 1. The largest absolute Gasteiger partial charge is 0.497 e. The van der Waals surface area contributed by atoms with Crippen LogP contribution >= 0.6 is 0 Å². The minimum absolute atomic E-state index is 0.242. The third-order valence-electron chi connectivity index (χ3n) is 3.86. The minimum atomic E-state index is -3.64. The van der Waals surface area contributed by atoms with Gasteiger partial charge in [0.1, 0.15) is 18.1 Å². The third-order valence-corrected chi connectivity index (χ3v) is 5.67. The normalized spacial score (nSPS) is 14.1. The van der Waals surface area contributed by atoms with Gasteiger partial charge in [-0.25, -0.2) is 8.42 Å². The number of methoxy groups -OCH3 is 1. The maximum absolute atomic E-state index is 13.0. The first-order valence-electron chi connectivity index (χ1n) is 7.34. The molecule has 0 unspecified atom stereocenters. The van der Waals surface area contributed by atoms with Crippen LogP contribution in [0, 0.1) is 13.8 Å². The molecule has 0 N–H and O–H groups in total. The van der Waals surface area contributed by atoms with Crippen LogP contribution in [0.5, 0.6) is 11.5 Å². The molecule has 122 valence electrons. The van der Waals surface area contributed by atoms with Crippen molar-refractivity contribution in [1.82, 2.24) is 0 Å². The fraction of sp³-hybridized carbons (Fsp3) is 0.294. The van der Waals surface area contributed by atoms with Gasteiger partial charge in [-0.2, -0.15) is 0 Å². The van der Waals surface area contributed by atoms with E-state index in [0.717, 1.165) is 11.1 Å². The van der Waals surface area contributed by atoms with Gasteiger partial charge in [0.2, 0.25) is 0 Å². The third kappa shape index (κ3) is 2.74. The Morgan fingerprint density at radius 1 is 1.13 bits per heavy atom. The van der Waals surface area contributed by atoms with E-state index in [4.69, 9.17) is 9.47 Å². The first-order chi connectivity index (χ1) is 10.9. The van der Waals surface area contributed by atoms with Crippen LogP contribution in [0.25, 0.3) is 0 Å². The number of anilines is 1. The van der Waals surface area contributed by atoms with E-state index in [-0.39, 0.29) is 4.90 Å². The zero-order valence-corrected chi connectivity index (χ0v) is 14.2. The number of hydrogen-bond acceptors (Lipinski definition) is 4. The highest BCUT2D eigenvalue weighted by Crippen LogP contribution is 2.39. The van der Waals surface area contributed by atoms with E-state index in [1.807, 2.05) is 26.0 Å². The lowest BCUT2D eigenvalue weighted by molar-refractivity contribution is 0.315. The first-order valence-corrected chi connectivity index (χ1v) is 8.78. The molecule has 0 fully saturated rings. The molecule has 0 bridgehead atoms. The number of benzene rings is 2. The fourth-order valence-electron chi connectivity index (χ4n) is 2.82. The molecule has 1 aliphatic heterocycles. The molecule has 6 heteroatoms. The summed E-state index contributed by atoms with van der Waals surface area (Å²) in [5.41, 5.74) is 2.56. The number of nitrogens with zero attached hydrogens (tertiary/aromatic N) is 1. The smallest absolute Gasteiger partial charge is 0.264 e. The molecule has 2 aromatic carbocycles. The maximum Gasteiger partial charge on any atom is 0.264 e. The zero-order valence-electron chi connectivity index (χ0n) is 13.4. The van der Waals surface area contributed by atoms with Gasteiger partial charge in [0, 0.05) is 0 Å². The van der Waals surface area contributed by atoms with Gasteiger partial charge >= 0.3 is 0 Å². The van der Waals surface area contributed by atoms with Crippen molar-refractivity contribution in [3.8, 4) is 11.5 Å². The summed E-state index contributed by atoms with van der Waals surface area (Å²) in [5, 5.41) is 0. The topological polar surface area (TPSA) is 55.8 Å². The standard InChI is InChI=1S/C17H19NO4S/c1-12-10-13(2)17-16(11-12)22-9-8-18(17)23(19,20)15-6-4-14(21-3)5-7-15/h4-7,10-11H,8-9H2,1-3H3. The second kappa shape index (κ2) is 5.77. The summed E-state index contributed by atoms with van der Waals surface area (Å²) < 4.78 is 38.2. The van der Waals surface area contributed by atoms with Gasteiger partial charge in [0.15, 0.2) is 0 Å². The molecule has 0 radical (unpaired) electrons. The quantitative estimate of drug-likeness (QED) is 0.867. The van der Waals surface area contributed by atoms with Gasteiger partial charge < -0.3 is 9.47 Å². The summed E-state index contributed by atoms with van der Waals surface area (Å²) in [6.45, 7) is 4.50. The Bertz CT molecular complexity index is 828. The Morgan fingerprint density at radius 3 is 2.48 bits per heavy atom. The molecular formula is C17H19NO4S. The van der Waals surface area contributed by atoms with Crippen LogP contribution in [0.4, 0.5) is 5.69 Å². The highest BCUT2D eigenvalue weighted by Gasteiger charge is 2.31. The number of ether oxygens (including phenoxy) is 2. The van der Waals surface area contributed by atoms with Gasteiger partial charge in [0.05, 0.1) is 24.2 Å². The van der Waals surface area contributed by atoms with E-state index < -0.39 is 10.0 Å². The van der Waals surface area contributed by atoms with Crippen molar-refractivity contribution < 1.29 is 17.9 Å². The van der Waals surface area contributed by atoms with Crippen LogP contribution in [0.3, 0.4) is 0 Å². The molecule has 1 heterocycles. The predicted molar refractivity (Wildman–Crippen MR) is 88.9 cm³/mol. The summed E-state index contributed by atoms with van der Waals surface area (Å²) in [7, 11) is -2.09. The highest BCUT2D eigenvalue weighted by atomic mass is 32.2. The second-order valence-electron chi connectivity index (χ2n) is 5.53. The molecule has 23 heavy (non-hydrogen) atoms. The summed E-state index contributed by atoms with van der Waals surface area (Å²) in [6, 6.07) is 10.3. The first kappa shape index (κ1) is 15.7. The summed E-state index contributed by atoms with van der Waals surface area (Å²) >= 11 is 0. The Labute approximate surface area is 136 Å². The van der Waals surface area contributed by atoms with E-state index in [2.05, 4.69) is 0 Å². The highest BCUT2D eigenvalue weighted by molar-refractivity contribution is 7.92. The molecule has 0 spiro atoms. The molecule has 0 amide bonds. The number of rotatable bonds is 3. The Hall–Kier alpha value is -2.21. The van der Waals surface area contributed by atoms with Crippen molar-refractivity contribution in [2.45, 2.75) is 18.7 Å². The fourth-order valence-corrected chi connectivity index (χ4v) is 4.34. The van der Waals surface area contributed by atoms with E-state index in [1.165, 1.54) is 4.31 Å². The van der Waals surface area contributed by atoms with Crippen LogP contribution in [-0.2, 0) is 10.0 Å². The predicted octanol–water partition coefficient (Wildman–Crippen LogP) is 2.90. The average molecular weight is 333 g/mol. The zero-order chi connectivity index (χ0) is 16.6. The van der Waals surface area contributed by atoms with Crippen molar-refractivity contribution in [3.63, 3.8) is 0 Å². The minimum Gasteiger partial charge on any atom is -0.497 e. The average Bonchev–Trinajstić information content (AvgIpc) is 2.54. The number of hydrogen-bond donors (Lipinski definition) is 0. The van der Waals surface area contributed by atoms with Crippen molar-refractivity contribution in [2.75, 3.05) is 24.6 Å². The van der Waals surface area contributed by atoms with Crippen LogP contribution in [0.1, 0.15) is 11.1 Å². The van der Waals surface area contributed by atoms with Crippen LogP contribution in [0.2, 0.25) is 0 Å². The Morgan fingerprint density at radius 2 is 1.83 bits per heavy atom. The molecule has 0 aromatic heterocycles. The molecule has 0 saturated heterocycles. The maximum atomic E-state index is 13.0. The number of fused-ring (bicyclic) bond motifs is 1. The molecule has 0 aliphatic carbocycles. The molecule has 3 rings (SSSR count). The van der Waals surface area contributed by atoms with Crippen LogP contribution in [0.15, 0.2) is 41.3 Å². The SMILES string of the molecule is COc1ccc(S(=O)(=O)N2CCOc3cc(C)cc(C)c32)cc1. The van der Waals surface area contributed by atoms with E-state index in [0.29, 0.717) is 30.3 Å². The van der Waals surface area contributed by atoms with Crippen molar-refractivity contribution in [1.29, 1.82) is 0 Å². The van der Waals surface area contributed by atoms with Crippen molar-refractivity contribution in [3.05, 3.63) is 47.5 Å². The molecule has 0 atom stereocenters. The van der Waals surface area contributed by atoms with Crippen molar-refractivity contribution in [2.24, 2.45) is 0 Å². The molecule has 1 aliphatic rings. The lowest BCUT2D eigenvalue weighted by Gasteiger charge is -2.32. The summed E-state index contributed by atoms with van der Waals surface area (Å²) in [6.07, 6.45) is 0. The Kier molecular flexibility index (Phi) is 3.93. The lowest BCUT2D eigenvalue weighted by atomic mass is 10.1. The summed E-state index contributed by atoms with van der Waals surface area (Å²) in [5.74, 6) is 1.24. The van der Waals surface area contributed by atoms with Gasteiger partial charge in [-0.1, -0.05) is 6.07 Å². The molecule has 5 nitrogen and oxygen atoms in total. The number of aryl methyl sites for hydroxylation is 2. The van der Waals surface area contributed by atoms with Crippen LogP contribution < -0.4 is 13.8 Å². The van der Waals surface area contributed by atoms with Crippen molar-refractivity contribution >= 4 is 15.7 Å². The monoisotopic (exact) mass is 333 g/mol.